The molecule has 0 radical (unpaired) electrons. The highest BCUT2D eigenvalue weighted by atomic mass is 16.5. The Morgan fingerprint density at radius 1 is 1.24 bits per heavy atom. The maximum atomic E-state index is 5.73. The van der Waals surface area contributed by atoms with Crippen LogP contribution < -0.4 is 15.4 Å². The molecular weight excluding hydrogens is 362 g/mol. The smallest absolute Gasteiger partial charge is 0.191 e. The van der Waals surface area contributed by atoms with Gasteiger partial charge in [0.25, 0.3) is 0 Å². The van der Waals surface area contributed by atoms with E-state index >= 15 is 0 Å². The van der Waals surface area contributed by atoms with Crippen molar-refractivity contribution in [1.82, 2.24) is 20.5 Å². The van der Waals surface area contributed by atoms with E-state index in [1.165, 1.54) is 0 Å². The Morgan fingerprint density at radius 2 is 2.03 bits per heavy atom. The SMILES string of the molecule is C=CCOc1ccccc1CNC(=NC)NC1CCN(Cc2ccccn2)CC1. The number of ether oxygens (including phenoxy) is 1. The molecule has 0 atom stereocenters. The topological polar surface area (TPSA) is 61.8 Å². The summed E-state index contributed by atoms with van der Waals surface area (Å²) in [6.07, 6.45) is 5.80. The quantitative estimate of drug-likeness (QED) is 0.410. The maximum absolute atomic E-state index is 5.73. The molecule has 3 rings (SSSR count). The fourth-order valence-corrected chi connectivity index (χ4v) is 3.46. The Bertz CT molecular complexity index is 785. The Balaban J connectivity index is 1.45. The van der Waals surface area contributed by atoms with Crippen molar-refractivity contribution in [3.05, 3.63) is 72.6 Å². The highest BCUT2D eigenvalue weighted by molar-refractivity contribution is 5.80. The molecule has 0 amide bonds. The number of benzene rings is 1. The van der Waals surface area contributed by atoms with E-state index in [9.17, 15) is 0 Å². The Labute approximate surface area is 173 Å². The van der Waals surface area contributed by atoms with Crippen LogP contribution >= 0.6 is 0 Å². The van der Waals surface area contributed by atoms with E-state index in [0.717, 1.165) is 55.4 Å². The lowest BCUT2D eigenvalue weighted by Gasteiger charge is -2.32. The summed E-state index contributed by atoms with van der Waals surface area (Å²) in [6, 6.07) is 14.6. The van der Waals surface area contributed by atoms with E-state index < -0.39 is 0 Å². The molecule has 0 spiro atoms. The van der Waals surface area contributed by atoms with Gasteiger partial charge in [0.05, 0.1) is 5.69 Å². The van der Waals surface area contributed by atoms with Gasteiger partial charge in [-0.1, -0.05) is 36.9 Å². The molecule has 1 saturated heterocycles. The second-order valence-electron chi connectivity index (χ2n) is 7.15. The van der Waals surface area contributed by atoms with Crippen LogP contribution in [0, 0.1) is 0 Å². The average Bonchev–Trinajstić information content (AvgIpc) is 2.77. The minimum absolute atomic E-state index is 0.424. The summed E-state index contributed by atoms with van der Waals surface area (Å²) in [4.78, 5) is 11.3. The van der Waals surface area contributed by atoms with Crippen LogP contribution in [0.25, 0.3) is 0 Å². The van der Waals surface area contributed by atoms with E-state index in [4.69, 9.17) is 4.74 Å². The van der Waals surface area contributed by atoms with Crippen molar-refractivity contribution in [2.24, 2.45) is 4.99 Å². The molecule has 2 N–H and O–H groups in total. The summed E-state index contributed by atoms with van der Waals surface area (Å²) in [6.45, 7) is 7.91. The number of pyridine rings is 1. The number of hydrogen-bond donors (Lipinski definition) is 2. The predicted molar refractivity (Wildman–Crippen MR) is 118 cm³/mol. The number of nitrogens with one attached hydrogen (secondary N) is 2. The number of hydrogen-bond acceptors (Lipinski definition) is 4. The van der Waals surface area contributed by atoms with Gasteiger partial charge in [0.1, 0.15) is 12.4 Å². The molecule has 154 valence electrons. The van der Waals surface area contributed by atoms with Gasteiger partial charge in [-0.05, 0) is 31.0 Å². The van der Waals surface area contributed by atoms with Crippen LogP contribution in [0.2, 0.25) is 0 Å². The highest BCUT2D eigenvalue weighted by Gasteiger charge is 2.20. The molecular formula is C23H31N5O. The van der Waals surface area contributed by atoms with Gasteiger partial charge in [0.15, 0.2) is 5.96 Å². The molecule has 29 heavy (non-hydrogen) atoms. The summed E-state index contributed by atoms with van der Waals surface area (Å²) >= 11 is 0. The number of para-hydroxylation sites is 1. The lowest BCUT2D eigenvalue weighted by molar-refractivity contribution is 0.196. The number of guanidine groups is 1. The molecule has 2 aromatic rings. The molecule has 0 bridgehead atoms. The second kappa shape index (κ2) is 11.2. The summed E-state index contributed by atoms with van der Waals surface area (Å²) in [5, 5.41) is 6.97. The van der Waals surface area contributed by atoms with E-state index in [1.807, 2.05) is 43.6 Å². The average molecular weight is 394 g/mol. The van der Waals surface area contributed by atoms with Crippen molar-refractivity contribution < 1.29 is 4.74 Å². The molecule has 1 aromatic heterocycles. The van der Waals surface area contributed by atoms with Crippen LogP contribution in [-0.2, 0) is 13.1 Å². The molecule has 0 saturated carbocycles. The van der Waals surface area contributed by atoms with Crippen molar-refractivity contribution in [1.29, 1.82) is 0 Å². The first-order chi connectivity index (χ1) is 14.3. The number of nitrogens with zero attached hydrogens (tertiary/aromatic N) is 3. The van der Waals surface area contributed by atoms with Crippen LogP contribution in [0.5, 0.6) is 5.75 Å². The molecule has 6 heteroatoms. The molecule has 6 nitrogen and oxygen atoms in total. The summed E-state index contributed by atoms with van der Waals surface area (Å²) in [5.41, 5.74) is 2.23. The molecule has 1 aliphatic heterocycles. The Kier molecular flexibility index (Phi) is 8.07. The molecule has 2 heterocycles. The lowest BCUT2D eigenvalue weighted by Crippen LogP contribution is -2.48. The van der Waals surface area contributed by atoms with Crippen molar-refractivity contribution >= 4 is 5.96 Å². The van der Waals surface area contributed by atoms with Gasteiger partial charge in [0.2, 0.25) is 0 Å². The van der Waals surface area contributed by atoms with E-state index in [0.29, 0.717) is 19.2 Å². The zero-order chi connectivity index (χ0) is 20.3. The fourth-order valence-electron chi connectivity index (χ4n) is 3.46. The first-order valence-electron chi connectivity index (χ1n) is 10.2. The molecule has 1 aromatic carbocycles. The van der Waals surface area contributed by atoms with Gasteiger partial charge in [0, 0.05) is 51.0 Å². The van der Waals surface area contributed by atoms with E-state index in [2.05, 4.69) is 44.2 Å². The van der Waals surface area contributed by atoms with Gasteiger partial charge >= 0.3 is 0 Å². The summed E-state index contributed by atoms with van der Waals surface area (Å²) < 4.78 is 5.73. The largest absolute Gasteiger partial charge is 0.489 e. The van der Waals surface area contributed by atoms with Crippen LogP contribution in [0.15, 0.2) is 66.3 Å². The molecule has 1 fully saturated rings. The van der Waals surface area contributed by atoms with Gasteiger partial charge in [-0.3, -0.25) is 14.9 Å². The van der Waals surface area contributed by atoms with Crippen molar-refractivity contribution in [3.63, 3.8) is 0 Å². The van der Waals surface area contributed by atoms with E-state index in [-0.39, 0.29) is 0 Å². The normalized spacial score (nSPS) is 15.7. The summed E-state index contributed by atoms with van der Waals surface area (Å²) in [5.74, 6) is 1.70. The van der Waals surface area contributed by atoms with Gasteiger partial charge in [-0.15, -0.1) is 0 Å². The first kappa shape index (κ1) is 20.9. The summed E-state index contributed by atoms with van der Waals surface area (Å²) in [7, 11) is 1.81. The van der Waals surface area contributed by atoms with Gasteiger partial charge < -0.3 is 15.4 Å². The number of aromatic nitrogens is 1. The number of aliphatic imine (C=N–C) groups is 1. The van der Waals surface area contributed by atoms with Crippen LogP contribution in [-0.4, -0.2) is 48.6 Å². The minimum Gasteiger partial charge on any atom is -0.489 e. The molecule has 1 aliphatic rings. The van der Waals surface area contributed by atoms with Crippen molar-refractivity contribution in [2.45, 2.75) is 32.0 Å². The van der Waals surface area contributed by atoms with Gasteiger partial charge in [-0.25, -0.2) is 0 Å². The molecule has 0 aliphatic carbocycles. The predicted octanol–water partition coefficient (Wildman–Crippen LogP) is 2.98. The fraction of sp³-hybridized carbons (Fsp3) is 0.391. The van der Waals surface area contributed by atoms with E-state index in [1.54, 1.807) is 6.08 Å². The highest BCUT2D eigenvalue weighted by Crippen LogP contribution is 2.18. The first-order valence-corrected chi connectivity index (χ1v) is 10.2. The third-order valence-corrected chi connectivity index (χ3v) is 5.04. The number of piperidine rings is 1. The monoisotopic (exact) mass is 393 g/mol. The lowest BCUT2D eigenvalue weighted by atomic mass is 10.0. The minimum atomic E-state index is 0.424. The standard InChI is InChI=1S/C23H31N5O/c1-3-16-29-22-10-5-4-8-19(22)17-26-23(24-2)27-20-11-14-28(15-12-20)18-21-9-6-7-13-25-21/h3-10,13,20H,1,11-12,14-18H2,2H3,(H2,24,26,27). The van der Waals surface area contributed by atoms with Gasteiger partial charge in [-0.2, -0.15) is 0 Å². The number of likely N-dealkylation sites (tertiary alicyclic amines) is 1. The third-order valence-electron chi connectivity index (χ3n) is 5.04. The van der Waals surface area contributed by atoms with Crippen LogP contribution in [0.1, 0.15) is 24.1 Å². The zero-order valence-electron chi connectivity index (χ0n) is 17.2. The zero-order valence-corrected chi connectivity index (χ0v) is 17.2. The Hall–Kier alpha value is -2.86. The third kappa shape index (κ3) is 6.61. The van der Waals surface area contributed by atoms with Crippen molar-refractivity contribution in [3.8, 4) is 5.75 Å². The number of rotatable bonds is 8. The maximum Gasteiger partial charge on any atom is 0.191 e. The van der Waals surface area contributed by atoms with Crippen LogP contribution in [0.4, 0.5) is 0 Å². The Morgan fingerprint density at radius 3 is 2.76 bits per heavy atom. The second-order valence-corrected chi connectivity index (χ2v) is 7.15. The molecule has 0 unspecified atom stereocenters. The van der Waals surface area contributed by atoms with Crippen LogP contribution in [0.3, 0.4) is 0 Å². The van der Waals surface area contributed by atoms with Crippen molar-refractivity contribution in [2.75, 3.05) is 26.7 Å².